The van der Waals surface area contributed by atoms with E-state index in [0.29, 0.717) is 28.7 Å². The van der Waals surface area contributed by atoms with Crippen LogP contribution in [-0.2, 0) is 11.3 Å². The number of hydrogen-bond acceptors (Lipinski definition) is 5. The summed E-state index contributed by atoms with van der Waals surface area (Å²) in [7, 11) is 0. The van der Waals surface area contributed by atoms with Crippen LogP contribution in [-0.4, -0.2) is 30.4 Å². The SMILES string of the molecule is CCC(C(=O)Nc1nn(Cc2ccc(Cl)cc2Cl)cc1Cl)n1nc([N+](=O)[O-])cc1C. The van der Waals surface area contributed by atoms with Gasteiger partial charge in [0.2, 0.25) is 0 Å². The number of rotatable bonds is 7. The first-order valence-electron chi connectivity index (χ1n) is 8.87. The first-order valence-corrected chi connectivity index (χ1v) is 10.0. The van der Waals surface area contributed by atoms with E-state index >= 15 is 0 Å². The predicted molar refractivity (Wildman–Crippen MR) is 114 cm³/mol. The highest BCUT2D eigenvalue weighted by Gasteiger charge is 2.28. The van der Waals surface area contributed by atoms with E-state index in [9.17, 15) is 14.9 Å². The zero-order valence-corrected chi connectivity index (χ0v) is 18.2. The molecule has 1 N–H and O–H groups in total. The second kappa shape index (κ2) is 9.03. The van der Waals surface area contributed by atoms with Gasteiger partial charge in [0.25, 0.3) is 5.91 Å². The summed E-state index contributed by atoms with van der Waals surface area (Å²) < 4.78 is 2.86. The summed E-state index contributed by atoms with van der Waals surface area (Å²) in [6.45, 7) is 3.75. The number of nitrogens with zero attached hydrogens (tertiary/aromatic N) is 5. The molecule has 30 heavy (non-hydrogen) atoms. The van der Waals surface area contributed by atoms with Crippen molar-refractivity contribution in [2.75, 3.05) is 5.32 Å². The maximum atomic E-state index is 12.8. The topological polar surface area (TPSA) is 108 Å². The smallest absolute Gasteiger partial charge is 0.358 e. The molecule has 0 aliphatic carbocycles. The molecular weight excluding hydrogens is 455 g/mol. The van der Waals surface area contributed by atoms with Gasteiger partial charge < -0.3 is 15.4 Å². The van der Waals surface area contributed by atoms with Crippen LogP contribution in [0.4, 0.5) is 11.6 Å². The maximum Gasteiger partial charge on any atom is 0.390 e. The van der Waals surface area contributed by atoms with E-state index in [2.05, 4.69) is 15.5 Å². The molecule has 0 bridgehead atoms. The average molecular weight is 472 g/mol. The molecule has 9 nitrogen and oxygen atoms in total. The normalized spacial score (nSPS) is 12.0. The molecule has 0 fully saturated rings. The van der Waals surface area contributed by atoms with Crippen LogP contribution in [0, 0.1) is 17.0 Å². The molecule has 2 heterocycles. The van der Waals surface area contributed by atoms with Gasteiger partial charge in [-0.2, -0.15) is 9.78 Å². The highest BCUT2D eigenvalue weighted by Crippen LogP contribution is 2.26. The minimum atomic E-state index is -0.759. The van der Waals surface area contributed by atoms with Crippen molar-refractivity contribution in [1.29, 1.82) is 0 Å². The van der Waals surface area contributed by atoms with E-state index in [1.54, 1.807) is 38.2 Å². The van der Waals surface area contributed by atoms with Crippen LogP contribution in [0.3, 0.4) is 0 Å². The van der Waals surface area contributed by atoms with Gasteiger partial charge in [0.15, 0.2) is 11.9 Å². The van der Waals surface area contributed by atoms with Gasteiger partial charge in [0.05, 0.1) is 23.4 Å². The van der Waals surface area contributed by atoms with Crippen LogP contribution in [0.15, 0.2) is 30.5 Å². The summed E-state index contributed by atoms with van der Waals surface area (Å²) in [6.07, 6.45) is 1.93. The summed E-state index contributed by atoms with van der Waals surface area (Å²) in [4.78, 5) is 23.2. The fraction of sp³-hybridized carbons (Fsp3) is 0.278. The Morgan fingerprint density at radius 3 is 2.57 bits per heavy atom. The first kappa shape index (κ1) is 22.1. The van der Waals surface area contributed by atoms with Crippen LogP contribution < -0.4 is 5.32 Å². The standard InChI is InChI=1S/C18H17Cl3N6O3/c1-3-15(26-10(2)6-16(23-26)27(29)30)18(28)22-17-14(21)9-25(24-17)8-11-4-5-12(19)7-13(11)20/h4-7,9,15H,3,8H2,1-2H3,(H,22,24,28). The number of carbonyl (C=O) groups excluding carboxylic acids is 1. The molecule has 2 aromatic heterocycles. The Hall–Kier alpha value is -2.62. The molecule has 0 spiro atoms. The van der Waals surface area contributed by atoms with Gasteiger partial charge in [-0.15, -0.1) is 0 Å². The number of amides is 1. The van der Waals surface area contributed by atoms with E-state index in [0.717, 1.165) is 5.56 Å². The Balaban J connectivity index is 1.78. The number of aromatic nitrogens is 4. The molecule has 0 aliphatic rings. The number of anilines is 1. The summed E-state index contributed by atoms with van der Waals surface area (Å²) in [5, 5.41) is 23.1. The first-order chi connectivity index (χ1) is 14.2. The van der Waals surface area contributed by atoms with Crippen molar-refractivity contribution in [2.45, 2.75) is 32.9 Å². The highest BCUT2D eigenvalue weighted by molar-refractivity contribution is 6.35. The number of benzene rings is 1. The number of carbonyl (C=O) groups is 1. The fourth-order valence-corrected chi connectivity index (χ4v) is 3.60. The van der Waals surface area contributed by atoms with E-state index in [4.69, 9.17) is 34.8 Å². The Morgan fingerprint density at radius 1 is 1.23 bits per heavy atom. The van der Waals surface area contributed by atoms with Crippen molar-refractivity contribution in [2.24, 2.45) is 0 Å². The second-order valence-corrected chi connectivity index (χ2v) is 7.77. The van der Waals surface area contributed by atoms with Crippen molar-refractivity contribution >= 4 is 52.3 Å². The molecule has 158 valence electrons. The lowest BCUT2D eigenvalue weighted by molar-refractivity contribution is -0.389. The molecule has 0 radical (unpaired) electrons. The summed E-state index contributed by atoms with van der Waals surface area (Å²) >= 11 is 18.3. The Morgan fingerprint density at radius 2 is 1.97 bits per heavy atom. The largest absolute Gasteiger partial charge is 0.390 e. The number of nitrogens with one attached hydrogen (secondary N) is 1. The zero-order valence-electron chi connectivity index (χ0n) is 16.0. The molecule has 1 aromatic carbocycles. The average Bonchev–Trinajstić information content (AvgIpc) is 3.21. The molecule has 0 saturated heterocycles. The van der Waals surface area contributed by atoms with Gasteiger partial charge in [-0.3, -0.25) is 9.48 Å². The summed E-state index contributed by atoms with van der Waals surface area (Å²) in [5.41, 5.74) is 1.28. The second-order valence-electron chi connectivity index (χ2n) is 6.52. The Kier molecular flexibility index (Phi) is 6.64. The lowest BCUT2D eigenvalue weighted by Crippen LogP contribution is -2.27. The monoisotopic (exact) mass is 470 g/mol. The van der Waals surface area contributed by atoms with E-state index in [-0.39, 0.29) is 16.7 Å². The van der Waals surface area contributed by atoms with Crippen LogP contribution in [0.1, 0.15) is 30.6 Å². The van der Waals surface area contributed by atoms with E-state index < -0.39 is 16.9 Å². The molecule has 1 unspecified atom stereocenters. The number of halogens is 3. The van der Waals surface area contributed by atoms with Gasteiger partial charge in [0, 0.05) is 16.2 Å². The molecule has 1 atom stereocenters. The number of hydrogen-bond donors (Lipinski definition) is 1. The highest BCUT2D eigenvalue weighted by atomic mass is 35.5. The van der Waals surface area contributed by atoms with Crippen molar-refractivity contribution in [3.8, 4) is 0 Å². The number of nitro groups is 1. The third-order valence-electron chi connectivity index (χ3n) is 4.39. The quantitative estimate of drug-likeness (QED) is 0.390. The molecule has 3 aromatic rings. The minimum absolute atomic E-state index is 0.171. The predicted octanol–water partition coefficient (Wildman–Crippen LogP) is 4.89. The minimum Gasteiger partial charge on any atom is -0.358 e. The maximum absolute atomic E-state index is 12.8. The molecule has 0 saturated carbocycles. The van der Waals surface area contributed by atoms with Gasteiger partial charge >= 0.3 is 5.82 Å². The molecule has 0 aliphatic heterocycles. The van der Waals surface area contributed by atoms with E-state index in [1.165, 1.54) is 15.4 Å². The molecular formula is C18H17Cl3N6O3. The zero-order chi connectivity index (χ0) is 22.0. The third-order valence-corrected chi connectivity index (χ3v) is 5.25. The molecule has 1 amide bonds. The Labute approximate surface area is 186 Å². The Bertz CT molecular complexity index is 1110. The van der Waals surface area contributed by atoms with Crippen molar-refractivity contribution < 1.29 is 9.72 Å². The van der Waals surface area contributed by atoms with Gasteiger partial charge in [-0.25, -0.2) is 0 Å². The lowest BCUT2D eigenvalue weighted by atomic mass is 10.2. The summed E-state index contributed by atoms with van der Waals surface area (Å²) in [6, 6.07) is 5.68. The molecule has 12 heteroatoms. The van der Waals surface area contributed by atoms with Crippen molar-refractivity contribution in [3.05, 3.63) is 66.9 Å². The van der Waals surface area contributed by atoms with Crippen LogP contribution in [0.2, 0.25) is 15.1 Å². The van der Waals surface area contributed by atoms with Gasteiger partial charge in [-0.1, -0.05) is 47.8 Å². The van der Waals surface area contributed by atoms with Crippen molar-refractivity contribution in [1.82, 2.24) is 19.6 Å². The van der Waals surface area contributed by atoms with Crippen LogP contribution >= 0.6 is 34.8 Å². The van der Waals surface area contributed by atoms with Crippen LogP contribution in [0.5, 0.6) is 0 Å². The van der Waals surface area contributed by atoms with Gasteiger partial charge in [-0.05, 0) is 36.0 Å². The van der Waals surface area contributed by atoms with E-state index in [1.807, 2.05) is 0 Å². The fourth-order valence-electron chi connectivity index (χ4n) is 2.93. The number of aryl methyl sites for hydroxylation is 1. The van der Waals surface area contributed by atoms with Crippen molar-refractivity contribution in [3.63, 3.8) is 0 Å². The van der Waals surface area contributed by atoms with Gasteiger partial charge in [0.1, 0.15) is 5.02 Å². The van der Waals surface area contributed by atoms with Crippen LogP contribution in [0.25, 0.3) is 0 Å². The lowest BCUT2D eigenvalue weighted by Gasteiger charge is -2.13. The summed E-state index contributed by atoms with van der Waals surface area (Å²) in [5.74, 6) is -0.583. The molecule has 3 rings (SSSR count). The third kappa shape index (κ3) is 4.75.